The largest absolute Gasteiger partial charge is 0.480 e. The van der Waals surface area contributed by atoms with Crippen LogP contribution in [0.4, 0.5) is 30.8 Å². The van der Waals surface area contributed by atoms with E-state index in [1.54, 1.807) is 31.6 Å². The van der Waals surface area contributed by atoms with Crippen molar-refractivity contribution in [1.29, 1.82) is 0 Å². The average molecular weight is 432 g/mol. The second kappa shape index (κ2) is 8.54. The van der Waals surface area contributed by atoms with Crippen LogP contribution in [0.1, 0.15) is 18.2 Å². The Bertz CT molecular complexity index is 1090. The number of rotatable bonds is 6. The van der Waals surface area contributed by atoms with E-state index in [9.17, 15) is 18.0 Å². The van der Waals surface area contributed by atoms with Crippen molar-refractivity contribution in [2.75, 3.05) is 17.3 Å². The van der Waals surface area contributed by atoms with Gasteiger partial charge in [0.2, 0.25) is 11.9 Å². The molecular weight excluding hydrogens is 413 g/mol. The lowest BCUT2D eigenvalue weighted by Crippen LogP contribution is -2.36. The summed E-state index contributed by atoms with van der Waals surface area (Å²) in [6.45, 7) is 3.35. The first kappa shape index (κ1) is 21.9. The van der Waals surface area contributed by atoms with Gasteiger partial charge in [-0.1, -0.05) is 6.07 Å². The molecule has 162 valence electrons. The third-order valence-corrected chi connectivity index (χ3v) is 4.50. The molecule has 1 aromatic carbocycles. The van der Waals surface area contributed by atoms with Gasteiger partial charge >= 0.3 is 12.1 Å². The van der Waals surface area contributed by atoms with E-state index < -0.39 is 23.9 Å². The van der Waals surface area contributed by atoms with Gasteiger partial charge in [-0.05, 0) is 43.2 Å². The Morgan fingerprint density at radius 1 is 1.13 bits per heavy atom. The summed E-state index contributed by atoms with van der Waals surface area (Å²) in [6.07, 6.45) is -0.434. The quantitative estimate of drug-likeness (QED) is 0.604. The van der Waals surface area contributed by atoms with E-state index >= 15 is 0 Å². The third kappa shape index (κ3) is 5.24. The van der Waals surface area contributed by atoms with Gasteiger partial charge in [0, 0.05) is 36.9 Å². The maximum absolute atomic E-state index is 12.9. The molecule has 0 saturated heterocycles. The molecule has 2 aromatic heterocycles. The van der Waals surface area contributed by atoms with Crippen LogP contribution in [-0.2, 0) is 11.0 Å². The lowest BCUT2D eigenvalue weighted by Gasteiger charge is -2.21. The molecule has 2 heterocycles. The first-order chi connectivity index (χ1) is 14.5. The maximum atomic E-state index is 12.9. The number of aromatic nitrogens is 4. The van der Waals surface area contributed by atoms with Gasteiger partial charge in [-0.15, -0.1) is 0 Å². The van der Waals surface area contributed by atoms with Gasteiger partial charge in [0.1, 0.15) is 11.7 Å². The molecule has 11 heteroatoms. The van der Waals surface area contributed by atoms with Crippen molar-refractivity contribution in [1.82, 2.24) is 19.9 Å². The summed E-state index contributed by atoms with van der Waals surface area (Å²) >= 11 is 0. The van der Waals surface area contributed by atoms with Gasteiger partial charge in [0.05, 0.1) is 0 Å². The van der Waals surface area contributed by atoms with E-state index in [2.05, 4.69) is 25.3 Å². The number of carbonyl (C=O) groups is 1. The number of nitrogens with one attached hydrogen (secondary N) is 1. The number of alkyl halides is 3. The van der Waals surface area contributed by atoms with Crippen molar-refractivity contribution in [3.63, 3.8) is 0 Å². The van der Waals surface area contributed by atoms with Crippen molar-refractivity contribution in [3.05, 3.63) is 54.1 Å². The van der Waals surface area contributed by atoms with Gasteiger partial charge in [-0.25, -0.2) is 24.7 Å². The van der Waals surface area contributed by atoms with Gasteiger partial charge in [-0.2, -0.15) is 13.2 Å². The molecule has 0 bridgehead atoms. The van der Waals surface area contributed by atoms with Crippen LogP contribution < -0.4 is 10.2 Å². The minimum absolute atomic E-state index is 0.178. The van der Waals surface area contributed by atoms with E-state index in [1.165, 1.54) is 11.8 Å². The monoisotopic (exact) mass is 432 g/mol. The van der Waals surface area contributed by atoms with Gasteiger partial charge in [0.25, 0.3) is 0 Å². The summed E-state index contributed by atoms with van der Waals surface area (Å²) in [5, 5.41) is 11.9. The summed E-state index contributed by atoms with van der Waals surface area (Å²) in [4.78, 5) is 28.4. The number of hydrogen-bond donors (Lipinski definition) is 2. The third-order valence-electron chi connectivity index (χ3n) is 4.50. The Kier molecular flexibility index (Phi) is 6.04. The first-order valence-electron chi connectivity index (χ1n) is 9.11. The highest BCUT2D eigenvalue weighted by molar-refractivity contribution is 5.76. The van der Waals surface area contributed by atoms with E-state index in [4.69, 9.17) is 5.11 Å². The highest BCUT2D eigenvalue weighted by Gasteiger charge is 2.32. The van der Waals surface area contributed by atoms with Crippen molar-refractivity contribution >= 4 is 23.6 Å². The van der Waals surface area contributed by atoms with Crippen LogP contribution >= 0.6 is 0 Å². The number of aliphatic carboxylic acids is 1. The summed E-state index contributed by atoms with van der Waals surface area (Å²) in [6, 6.07) is 5.31. The number of hydrogen-bond acceptors (Lipinski definition) is 7. The van der Waals surface area contributed by atoms with E-state index in [1.807, 2.05) is 13.0 Å². The smallest absolute Gasteiger partial charge is 0.433 e. The molecule has 0 amide bonds. The number of benzene rings is 1. The molecule has 1 unspecified atom stereocenters. The highest BCUT2D eigenvalue weighted by atomic mass is 19.4. The molecule has 2 N–H and O–H groups in total. The maximum Gasteiger partial charge on any atom is 0.433 e. The predicted molar refractivity (Wildman–Crippen MR) is 108 cm³/mol. The number of anilines is 3. The fourth-order valence-corrected chi connectivity index (χ4v) is 2.72. The minimum atomic E-state index is -4.57. The molecule has 0 saturated carbocycles. The van der Waals surface area contributed by atoms with E-state index in [0.29, 0.717) is 11.3 Å². The molecule has 1 atom stereocenters. The molecule has 31 heavy (non-hydrogen) atoms. The zero-order valence-corrected chi connectivity index (χ0v) is 16.8. The molecule has 3 aromatic rings. The van der Waals surface area contributed by atoms with Crippen LogP contribution in [0, 0.1) is 6.92 Å². The fraction of sp³-hybridized carbons (Fsp3) is 0.250. The molecular formula is C20H19F3N6O2. The lowest BCUT2D eigenvalue weighted by molar-refractivity contribution is -0.141. The van der Waals surface area contributed by atoms with Crippen LogP contribution in [0.25, 0.3) is 11.1 Å². The Morgan fingerprint density at radius 2 is 1.81 bits per heavy atom. The number of aryl methyl sites for hydroxylation is 1. The molecule has 0 spiro atoms. The first-order valence-corrected chi connectivity index (χ1v) is 9.11. The Morgan fingerprint density at radius 3 is 2.42 bits per heavy atom. The van der Waals surface area contributed by atoms with Gasteiger partial charge in [-0.3, -0.25) is 0 Å². The number of carboxylic acids is 1. The Balaban J connectivity index is 1.85. The van der Waals surface area contributed by atoms with Crippen molar-refractivity contribution in [3.8, 4) is 11.1 Å². The number of likely N-dealkylation sites (N-methyl/N-ethyl adjacent to an activating group) is 1. The highest BCUT2D eigenvalue weighted by Crippen LogP contribution is 2.29. The van der Waals surface area contributed by atoms with Gasteiger partial charge < -0.3 is 15.3 Å². The molecule has 0 radical (unpaired) electrons. The zero-order valence-electron chi connectivity index (χ0n) is 16.8. The fourth-order valence-electron chi connectivity index (χ4n) is 2.72. The van der Waals surface area contributed by atoms with E-state index in [-0.39, 0.29) is 11.9 Å². The van der Waals surface area contributed by atoms with Crippen molar-refractivity contribution < 1.29 is 23.1 Å². The summed E-state index contributed by atoms with van der Waals surface area (Å²) in [5.74, 6) is -0.925. The molecule has 0 aliphatic rings. The summed E-state index contributed by atoms with van der Waals surface area (Å²) in [5.41, 5.74) is 1.66. The lowest BCUT2D eigenvalue weighted by atomic mass is 10.1. The SMILES string of the molecule is Cc1cc(Nc2nccc(C(F)(F)F)n2)cc(-c2cnc(N(C)C(C)C(=O)O)nc2)c1. The van der Waals surface area contributed by atoms with Gasteiger partial charge in [0.15, 0.2) is 0 Å². The standard InChI is InChI=1S/C20H19F3N6O2/c1-11-6-13(14-9-25-19(26-10-14)29(3)12(2)17(30)31)8-15(7-11)27-18-24-5-4-16(28-18)20(21,22)23/h4-10,12H,1-3H3,(H,30,31)(H,24,27,28). The topological polar surface area (TPSA) is 104 Å². The van der Waals surface area contributed by atoms with Crippen molar-refractivity contribution in [2.45, 2.75) is 26.1 Å². The predicted octanol–water partition coefficient (Wildman–Crippen LogP) is 3.91. The van der Waals surface area contributed by atoms with Crippen LogP contribution in [0.5, 0.6) is 0 Å². The Hall–Kier alpha value is -3.76. The molecule has 8 nitrogen and oxygen atoms in total. The second-order valence-corrected chi connectivity index (χ2v) is 6.87. The summed E-state index contributed by atoms with van der Waals surface area (Å²) < 4.78 is 38.6. The minimum Gasteiger partial charge on any atom is -0.480 e. The van der Waals surface area contributed by atoms with Crippen LogP contribution in [-0.4, -0.2) is 44.1 Å². The average Bonchev–Trinajstić information content (AvgIpc) is 2.72. The zero-order chi connectivity index (χ0) is 22.8. The Labute approximate surface area is 175 Å². The van der Waals surface area contributed by atoms with Crippen molar-refractivity contribution in [2.24, 2.45) is 0 Å². The molecule has 0 aliphatic heterocycles. The van der Waals surface area contributed by atoms with Crippen LogP contribution in [0.3, 0.4) is 0 Å². The van der Waals surface area contributed by atoms with Crippen LogP contribution in [0.2, 0.25) is 0 Å². The second-order valence-electron chi connectivity index (χ2n) is 6.87. The van der Waals surface area contributed by atoms with Crippen LogP contribution in [0.15, 0.2) is 42.9 Å². The number of carboxylic acid groups (broad SMARTS) is 1. The normalized spacial score (nSPS) is 12.3. The number of halogens is 3. The molecule has 0 aliphatic carbocycles. The summed E-state index contributed by atoms with van der Waals surface area (Å²) in [7, 11) is 1.58. The van der Waals surface area contributed by atoms with E-state index in [0.717, 1.165) is 23.4 Å². The molecule has 3 rings (SSSR count). The molecule has 0 fully saturated rings. The number of nitrogens with zero attached hydrogens (tertiary/aromatic N) is 5.